The molecule has 1 heterocycles. The minimum Gasteiger partial charge on any atom is -0.342 e. The number of anilines is 1. The fraction of sp³-hybridized carbons (Fsp3) is 0.0476. The number of fused-ring (bicyclic) bond motifs is 1. The average molecular weight is 371 g/mol. The summed E-state index contributed by atoms with van der Waals surface area (Å²) < 4.78 is 0. The third-order valence-electron chi connectivity index (χ3n) is 4.28. The van der Waals surface area contributed by atoms with Crippen LogP contribution in [-0.2, 0) is 6.42 Å². The molecule has 2 N–H and O–H groups in total. The number of aromatic amines is 1. The number of H-pyrrole nitrogens is 1. The van der Waals surface area contributed by atoms with Crippen LogP contribution in [0.15, 0.2) is 84.0 Å². The summed E-state index contributed by atoms with van der Waals surface area (Å²) in [6, 6.07) is 23.8. The zero-order valence-corrected chi connectivity index (χ0v) is 14.9. The maximum atomic E-state index is 10.8. The quantitative estimate of drug-likeness (QED) is 0.296. The Bertz CT molecular complexity index is 1100. The molecule has 0 aliphatic heterocycles. The van der Waals surface area contributed by atoms with E-state index in [1.807, 2.05) is 54.6 Å². The zero-order valence-electron chi connectivity index (χ0n) is 14.9. The van der Waals surface area contributed by atoms with Crippen LogP contribution >= 0.6 is 0 Å². The van der Waals surface area contributed by atoms with E-state index in [1.54, 1.807) is 12.1 Å². The molecule has 28 heavy (non-hydrogen) atoms. The number of non-ortho nitro benzene ring substituents is 1. The topological polar surface area (TPSA) is 96.2 Å². The highest BCUT2D eigenvalue weighted by molar-refractivity contribution is 6.02. The summed E-state index contributed by atoms with van der Waals surface area (Å²) in [4.78, 5) is 18.3. The van der Waals surface area contributed by atoms with Crippen molar-refractivity contribution >= 4 is 28.1 Å². The molecule has 7 heteroatoms. The monoisotopic (exact) mass is 371 g/mol. The molecule has 4 rings (SSSR count). The van der Waals surface area contributed by atoms with E-state index in [2.05, 4.69) is 20.5 Å². The average Bonchev–Trinajstić information content (AvgIpc) is 3.14. The highest BCUT2D eigenvalue weighted by Crippen LogP contribution is 2.17. The molecule has 0 saturated heterocycles. The van der Waals surface area contributed by atoms with Crippen LogP contribution < -0.4 is 5.43 Å². The summed E-state index contributed by atoms with van der Waals surface area (Å²) in [6.45, 7) is 0. The summed E-state index contributed by atoms with van der Waals surface area (Å²) in [5.74, 6) is 0.814. The molecular formula is C21H17N5O2. The normalized spacial score (nSPS) is 11.5. The van der Waals surface area contributed by atoms with Gasteiger partial charge in [0.25, 0.3) is 5.69 Å². The van der Waals surface area contributed by atoms with Crippen molar-refractivity contribution in [3.8, 4) is 0 Å². The van der Waals surface area contributed by atoms with Crippen molar-refractivity contribution in [1.29, 1.82) is 0 Å². The van der Waals surface area contributed by atoms with Crippen molar-refractivity contribution in [3.05, 3.63) is 100 Å². The highest BCUT2D eigenvalue weighted by Gasteiger charge is 2.10. The second-order valence-corrected chi connectivity index (χ2v) is 6.22. The van der Waals surface area contributed by atoms with Gasteiger partial charge in [0.1, 0.15) is 5.82 Å². The molecule has 7 nitrogen and oxygen atoms in total. The van der Waals surface area contributed by atoms with Crippen molar-refractivity contribution in [2.24, 2.45) is 5.10 Å². The molecular weight excluding hydrogens is 354 g/mol. The molecule has 0 amide bonds. The Balaban J connectivity index is 1.61. The van der Waals surface area contributed by atoms with Crippen LogP contribution in [0.3, 0.4) is 0 Å². The minimum absolute atomic E-state index is 0.0417. The van der Waals surface area contributed by atoms with Gasteiger partial charge in [0.05, 0.1) is 33.8 Å². The van der Waals surface area contributed by atoms with Gasteiger partial charge in [-0.05, 0) is 29.8 Å². The van der Waals surface area contributed by atoms with Gasteiger partial charge in [-0.25, -0.2) is 4.98 Å². The lowest BCUT2D eigenvalue weighted by molar-refractivity contribution is -0.384. The molecule has 3 aromatic carbocycles. The summed E-state index contributed by atoms with van der Waals surface area (Å²) in [7, 11) is 0. The molecule has 0 atom stereocenters. The largest absolute Gasteiger partial charge is 0.342 e. The van der Waals surface area contributed by atoms with Crippen molar-refractivity contribution in [3.63, 3.8) is 0 Å². The van der Waals surface area contributed by atoms with E-state index < -0.39 is 4.92 Å². The number of rotatable bonds is 6. The maximum Gasteiger partial charge on any atom is 0.269 e. The predicted octanol–water partition coefficient (Wildman–Crippen LogP) is 4.53. The lowest BCUT2D eigenvalue weighted by atomic mass is 10.1. The lowest BCUT2D eigenvalue weighted by Crippen LogP contribution is -2.09. The van der Waals surface area contributed by atoms with Crippen molar-refractivity contribution in [1.82, 2.24) is 9.97 Å². The number of hydrogen-bond donors (Lipinski definition) is 2. The van der Waals surface area contributed by atoms with E-state index in [1.165, 1.54) is 12.1 Å². The number of hydrogen-bond acceptors (Lipinski definition) is 5. The van der Waals surface area contributed by atoms with Crippen molar-refractivity contribution in [2.45, 2.75) is 6.42 Å². The molecule has 1 aromatic heterocycles. The van der Waals surface area contributed by atoms with Crippen LogP contribution in [0.25, 0.3) is 11.0 Å². The van der Waals surface area contributed by atoms with Gasteiger partial charge < -0.3 is 4.98 Å². The van der Waals surface area contributed by atoms with Crippen LogP contribution in [0, 0.1) is 10.1 Å². The Morgan fingerprint density at radius 1 is 1.00 bits per heavy atom. The molecule has 0 fully saturated rings. The summed E-state index contributed by atoms with van der Waals surface area (Å²) >= 11 is 0. The maximum absolute atomic E-state index is 10.8. The first-order valence-electron chi connectivity index (χ1n) is 8.75. The SMILES string of the molecule is O=[N+]([O-])c1ccc(N/N=C(/Cc2nc3ccccc3[nH]2)c2ccccc2)cc1. The van der Waals surface area contributed by atoms with E-state index in [4.69, 9.17) is 0 Å². The number of nitro groups is 1. The van der Waals surface area contributed by atoms with E-state index >= 15 is 0 Å². The lowest BCUT2D eigenvalue weighted by Gasteiger charge is -2.07. The van der Waals surface area contributed by atoms with Crippen LogP contribution in [0.1, 0.15) is 11.4 Å². The number of nitro benzene ring substituents is 1. The first kappa shape index (κ1) is 17.4. The molecule has 0 bridgehead atoms. The predicted molar refractivity (Wildman–Crippen MR) is 109 cm³/mol. The molecule has 0 aliphatic rings. The molecule has 0 spiro atoms. The number of nitrogens with zero attached hydrogens (tertiary/aromatic N) is 3. The van der Waals surface area contributed by atoms with Crippen molar-refractivity contribution in [2.75, 3.05) is 5.43 Å². The third-order valence-corrected chi connectivity index (χ3v) is 4.28. The van der Waals surface area contributed by atoms with E-state index in [9.17, 15) is 10.1 Å². The number of hydrazone groups is 1. The molecule has 0 radical (unpaired) electrons. The first-order valence-corrected chi connectivity index (χ1v) is 8.75. The van der Waals surface area contributed by atoms with E-state index in [-0.39, 0.29) is 5.69 Å². The minimum atomic E-state index is -0.427. The fourth-order valence-electron chi connectivity index (χ4n) is 2.87. The van der Waals surface area contributed by atoms with Crippen LogP contribution in [0.5, 0.6) is 0 Å². The van der Waals surface area contributed by atoms with Crippen LogP contribution in [0.2, 0.25) is 0 Å². The number of aromatic nitrogens is 2. The Morgan fingerprint density at radius 2 is 1.71 bits per heavy atom. The molecule has 138 valence electrons. The Kier molecular flexibility index (Phi) is 4.79. The third kappa shape index (κ3) is 3.88. The van der Waals surface area contributed by atoms with E-state index in [0.29, 0.717) is 12.1 Å². The van der Waals surface area contributed by atoms with Gasteiger partial charge in [-0.1, -0.05) is 42.5 Å². The molecule has 0 aliphatic carbocycles. The van der Waals surface area contributed by atoms with E-state index in [0.717, 1.165) is 28.1 Å². The highest BCUT2D eigenvalue weighted by atomic mass is 16.6. The number of nitrogens with one attached hydrogen (secondary N) is 2. The summed E-state index contributed by atoms with van der Waals surface area (Å²) in [5.41, 5.74) is 7.36. The Labute approximate surface area is 160 Å². The summed E-state index contributed by atoms with van der Waals surface area (Å²) in [6.07, 6.45) is 0.513. The molecule has 0 saturated carbocycles. The standard InChI is InChI=1S/C21H17N5O2/c27-26(28)17-12-10-16(11-13-17)24-25-20(15-6-2-1-3-7-15)14-21-22-18-8-4-5-9-19(18)23-21/h1-13,24H,14H2,(H,22,23)/b25-20-. The number of benzene rings is 3. The van der Waals surface area contributed by atoms with Crippen LogP contribution in [-0.4, -0.2) is 20.6 Å². The summed E-state index contributed by atoms with van der Waals surface area (Å²) in [5, 5.41) is 15.3. The Hall–Kier alpha value is -4.00. The second kappa shape index (κ2) is 7.71. The van der Waals surface area contributed by atoms with Gasteiger partial charge in [-0.3, -0.25) is 15.5 Å². The second-order valence-electron chi connectivity index (χ2n) is 6.22. The van der Waals surface area contributed by atoms with Gasteiger partial charge >= 0.3 is 0 Å². The number of imidazole rings is 1. The van der Waals surface area contributed by atoms with Gasteiger partial charge in [0.2, 0.25) is 0 Å². The zero-order chi connectivity index (χ0) is 19.3. The van der Waals surface area contributed by atoms with Crippen LogP contribution in [0.4, 0.5) is 11.4 Å². The smallest absolute Gasteiger partial charge is 0.269 e. The van der Waals surface area contributed by atoms with Crippen molar-refractivity contribution < 1.29 is 4.92 Å². The number of para-hydroxylation sites is 2. The first-order chi connectivity index (χ1) is 13.7. The fourth-order valence-corrected chi connectivity index (χ4v) is 2.87. The van der Waals surface area contributed by atoms with Gasteiger partial charge in [0.15, 0.2) is 0 Å². The molecule has 0 unspecified atom stereocenters. The molecule has 4 aromatic rings. The van der Waals surface area contributed by atoms with Gasteiger partial charge in [-0.2, -0.15) is 5.10 Å². The Morgan fingerprint density at radius 3 is 2.43 bits per heavy atom. The van der Waals surface area contributed by atoms with Gasteiger partial charge in [0, 0.05) is 12.1 Å². The van der Waals surface area contributed by atoms with Gasteiger partial charge in [-0.15, -0.1) is 0 Å².